The van der Waals surface area contributed by atoms with Crippen molar-refractivity contribution in [2.24, 2.45) is 0 Å². The minimum Gasteiger partial charge on any atom is -0.325 e. The van der Waals surface area contributed by atoms with E-state index in [1.54, 1.807) is 25.1 Å². The third-order valence-electron chi connectivity index (χ3n) is 5.98. The Kier molecular flexibility index (Phi) is 6.65. The zero-order chi connectivity index (χ0) is 23.0. The number of amides is 1. The van der Waals surface area contributed by atoms with Gasteiger partial charge in [-0.05, 0) is 57.2 Å². The smallest absolute Gasteiger partial charge is 0.243 e. The topological polar surface area (TPSA) is 97.2 Å². The molecule has 0 aliphatic heterocycles. The maximum absolute atomic E-state index is 13.0. The van der Waals surface area contributed by atoms with Gasteiger partial charge in [-0.2, -0.15) is 4.31 Å². The summed E-state index contributed by atoms with van der Waals surface area (Å²) in [6.45, 7) is 8.03. The lowest BCUT2D eigenvalue weighted by atomic mass is 10.2. The summed E-state index contributed by atoms with van der Waals surface area (Å²) in [6.07, 6.45) is 4.60. The Morgan fingerprint density at radius 2 is 1.91 bits per heavy atom. The van der Waals surface area contributed by atoms with Gasteiger partial charge in [-0.15, -0.1) is 10.2 Å². The Morgan fingerprint density at radius 3 is 2.50 bits per heavy atom. The summed E-state index contributed by atoms with van der Waals surface area (Å²) >= 11 is 1.41. The molecule has 174 valence electrons. The first kappa shape index (κ1) is 23.3. The molecule has 1 unspecified atom stereocenters. The molecule has 0 radical (unpaired) electrons. The SMILES string of the molecule is CCN(CC)S(=O)(=O)c1cc(NC(=O)C(C)Sc2nnc(C3CC3)n2C2CC2)ccc1C. The molecule has 0 spiro atoms. The number of sulfonamides is 1. The molecule has 1 amide bonds. The predicted molar refractivity (Wildman–Crippen MR) is 126 cm³/mol. The fourth-order valence-electron chi connectivity index (χ4n) is 3.78. The van der Waals surface area contributed by atoms with Crippen LogP contribution in [0.2, 0.25) is 0 Å². The normalized spacial score (nSPS) is 17.5. The monoisotopic (exact) mass is 477 g/mol. The van der Waals surface area contributed by atoms with Gasteiger partial charge in [0.05, 0.1) is 10.1 Å². The summed E-state index contributed by atoms with van der Waals surface area (Å²) in [5, 5.41) is 12.1. The van der Waals surface area contributed by atoms with Crippen LogP contribution in [-0.2, 0) is 14.8 Å². The third kappa shape index (κ3) is 4.72. The van der Waals surface area contributed by atoms with Gasteiger partial charge in [-0.1, -0.05) is 31.7 Å². The maximum Gasteiger partial charge on any atom is 0.243 e. The summed E-state index contributed by atoms with van der Waals surface area (Å²) in [5.41, 5.74) is 1.13. The summed E-state index contributed by atoms with van der Waals surface area (Å²) in [4.78, 5) is 13.1. The highest BCUT2D eigenvalue weighted by Gasteiger charge is 2.37. The summed E-state index contributed by atoms with van der Waals surface area (Å²) < 4.78 is 29.6. The van der Waals surface area contributed by atoms with Crippen LogP contribution >= 0.6 is 11.8 Å². The number of hydrogen-bond acceptors (Lipinski definition) is 6. The van der Waals surface area contributed by atoms with Crippen molar-refractivity contribution in [2.75, 3.05) is 18.4 Å². The van der Waals surface area contributed by atoms with Crippen LogP contribution in [0.1, 0.15) is 69.8 Å². The molecule has 10 heteroatoms. The standard InChI is InChI=1S/C22H31N5O3S2/c1-5-26(6-2)32(29,30)19-13-17(10-7-14(19)3)23-21(28)15(4)31-22-25-24-20(16-8-9-16)27(22)18-11-12-18/h7,10,13,15-16,18H,5-6,8-9,11-12H2,1-4H3,(H,23,28). The van der Waals surface area contributed by atoms with E-state index in [0.29, 0.717) is 36.3 Å². The van der Waals surface area contributed by atoms with E-state index in [0.717, 1.165) is 36.7 Å². The van der Waals surface area contributed by atoms with Gasteiger partial charge in [-0.25, -0.2) is 8.42 Å². The molecule has 0 bridgehead atoms. The molecule has 2 aromatic rings. The van der Waals surface area contributed by atoms with Crippen molar-refractivity contribution in [3.8, 4) is 0 Å². The molecule has 2 fully saturated rings. The average Bonchev–Trinajstić information content (AvgIpc) is 3.69. The summed E-state index contributed by atoms with van der Waals surface area (Å²) in [5.74, 6) is 1.39. The fourth-order valence-corrected chi connectivity index (χ4v) is 6.41. The number of carbonyl (C=O) groups is 1. The second-order valence-electron chi connectivity index (χ2n) is 8.54. The number of carbonyl (C=O) groups excluding carboxylic acids is 1. The van der Waals surface area contributed by atoms with Crippen molar-refractivity contribution in [2.45, 2.75) is 80.6 Å². The number of benzene rings is 1. The maximum atomic E-state index is 13.0. The van der Waals surface area contributed by atoms with Crippen LogP contribution in [0.5, 0.6) is 0 Å². The number of nitrogens with one attached hydrogen (secondary N) is 1. The Bertz CT molecular complexity index is 1100. The van der Waals surface area contributed by atoms with E-state index in [9.17, 15) is 13.2 Å². The van der Waals surface area contributed by atoms with Crippen LogP contribution in [0, 0.1) is 6.92 Å². The lowest BCUT2D eigenvalue weighted by Gasteiger charge is -2.20. The van der Waals surface area contributed by atoms with E-state index in [1.165, 1.54) is 16.1 Å². The first-order chi connectivity index (χ1) is 15.3. The number of rotatable bonds is 10. The lowest BCUT2D eigenvalue weighted by molar-refractivity contribution is -0.115. The number of hydrogen-bond donors (Lipinski definition) is 1. The fraction of sp³-hybridized carbons (Fsp3) is 0.591. The van der Waals surface area contributed by atoms with E-state index in [4.69, 9.17) is 0 Å². The number of nitrogens with zero attached hydrogens (tertiary/aromatic N) is 4. The van der Waals surface area contributed by atoms with E-state index in [2.05, 4.69) is 20.1 Å². The van der Waals surface area contributed by atoms with Crippen LogP contribution in [0.25, 0.3) is 0 Å². The molecule has 1 N–H and O–H groups in total. The average molecular weight is 478 g/mol. The molecule has 2 saturated carbocycles. The third-order valence-corrected chi connectivity index (χ3v) is 9.22. The Balaban J connectivity index is 1.49. The number of aromatic nitrogens is 3. The van der Waals surface area contributed by atoms with E-state index < -0.39 is 15.3 Å². The van der Waals surface area contributed by atoms with Crippen molar-refractivity contribution in [1.29, 1.82) is 0 Å². The van der Waals surface area contributed by atoms with Gasteiger partial charge in [0.1, 0.15) is 5.82 Å². The summed E-state index contributed by atoms with van der Waals surface area (Å²) in [6, 6.07) is 5.48. The van der Waals surface area contributed by atoms with Crippen LogP contribution in [0.3, 0.4) is 0 Å². The van der Waals surface area contributed by atoms with Crippen molar-refractivity contribution in [1.82, 2.24) is 19.1 Å². The second kappa shape index (κ2) is 9.15. The van der Waals surface area contributed by atoms with Gasteiger partial charge >= 0.3 is 0 Å². The first-order valence-electron chi connectivity index (χ1n) is 11.3. The minimum atomic E-state index is -3.61. The van der Waals surface area contributed by atoms with Crippen LogP contribution in [-0.4, -0.2) is 51.7 Å². The zero-order valence-corrected chi connectivity index (χ0v) is 20.7. The molecule has 2 aliphatic rings. The number of aryl methyl sites for hydroxylation is 1. The second-order valence-corrected chi connectivity index (χ2v) is 11.7. The highest BCUT2D eigenvalue weighted by molar-refractivity contribution is 8.00. The largest absolute Gasteiger partial charge is 0.325 e. The number of thioether (sulfide) groups is 1. The molecule has 4 rings (SSSR count). The zero-order valence-electron chi connectivity index (χ0n) is 19.0. The molecule has 2 aliphatic carbocycles. The van der Waals surface area contributed by atoms with Crippen molar-refractivity contribution < 1.29 is 13.2 Å². The van der Waals surface area contributed by atoms with Crippen molar-refractivity contribution in [3.05, 3.63) is 29.6 Å². The van der Waals surface area contributed by atoms with Gasteiger partial charge < -0.3 is 9.88 Å². The van der Waals surface area contributed by atoms with Gasteiger partial charge in [0, 0.05) is 30.7 Å². The van der Waals surface area contributed by atoms with Crippen molar-refractivity contribution >= 4 is 33.4 Å². The minimum absolute atomic E-state index is 0.191. The van der Waals surface area contributed by atoms with Gasteiger partial charge in [0.15, 0.2) is 5.16 Å². The molecule has 8 nitrogen and oxygen atoms in total. The summed E-state index contributed by atoms with van der Waals surface area (Å²) in [7, 11) is -3.61. The molecule has 1 aromatic heterocycles. The van der Waals surface area contributed by atoms with Gasteiger partial charge in [0.2, 0.25) is 15.9 Å². The Morgan fingerprint density at radius 1 is 1.22 bits per heavy atom. The van der Waals surface area contributed by atoms with E-state index >= 15 is 0 Å². The van der Waals surface area contributed by atoms with Crippen LogP contribution in [0.4, 0.5) is 5.69 Å². The number of anilines is 1. The van der Waals surface area contributed by atoms with E-state index in [1.807, 2.05) is 20.8 Å². The predicted octanol–water partition coefficient (Wildman–Crippen LogP) is 3.95. The van der Waals surface area contributed by atoms with Crippen LogP contribution in [0.15, 0.2) is 28.3 Å². The Labute approximate surface area is 194 Å². The van der Waals surface area contributed by atoms with E-state index in [-0.39, 0.29) is 10.8 Å². The molecule has 1 atom stereocenters. The van der Waals surface area contributed by atoms with Crippen molar-refractivity contribution in [3.63, 3.8) is 0 Å². The Hall–Kier alpha value is -1.91. The quantitative estimate of drug-likeness (QED) is 0.521. The molecular formula is C22H31N5O3S2. The molecule has 32 heavy (non-hydrogen) atoms. The molecule has 1 heterocycles. The van der Waals surface area contributed by atoms with Gasteiger partial charge in [0.25, 0.3) is 0 Å². The molecule has 0 saturated heterocycles. The lowest BCUT2D eigenvalue weighted by Crippen LogP contribution is -2.31. The highest BCUT2D eigenvalue weighted by atomic mass is 32.2. The van der Waals surface area contributed by atoms with Crippen LogP contribution < -0.4 is 5.32 Å². The highest BCUT2D eigenvalue weighted by Crippen LogP contribution is 2.46. The first-order valence-corrected chi connectivity index (χ1v) is 13.6. The molecular weight excluding hydrogens is 446 g/mol. The molecule has 1 aromatic carbocycles. The van der Waals surface area contributed by atoms with Gasteiger partial charge in [-0.3, -0.25) is 4.79 Å².